The molecule has 0 N–H and O–H groups in total. The number of benzene rings is 1. The normalized spacial score (nSPS) is 22.0. The molecule has 3 rings (SSSR count). The van der Waals surface area contributed by atoms with E-state index in [-0.39, 0.29) is 0 Å². The van der Waals surface area contributed by atoms with E-state index in [0.717, 1.165) is 18.4 Å². The first-order valence-corrected chi connectivity index (χ1v) is 8.46. The summed E-state index contributed by atoms with van der Waals surface area (Å²) >= 11 is 0. The predicted molar refractivity (Wildman–Crippen MR) is 90.1 cm³/mol. The second kappa shape index (κ2) is 7.09. The molecule has 1 aliphatic carbocycles. The summed E-state index contributed by atoms with van der Waals surface area (Å²) in [5.41, 5.74) is 3.03. The van der Waals surface area contributed by atoms with Crippen LogP contribution < -0.4 is 0 Å². The number of hydrogen-bond acceptors (Lipinski definition) is 1. The smallest absolute Gasteiger partial charge is 0.0233 e. The highest BCUT2D eigenvalue weighted by molar-refractivity contribution is 5.25. The predicted octanol–water partition coefficient (Wildman–Crippen LogP) is 4.81. The van der Waals surface area contributed by atoms with Crippen LogP contribution in [0.4, 0.5) is 0 Å². The molecular weight excluding hydrogens is 254 g/mol. The van der Waals surface area contributed by atoms with E-state index in [4.69, 9.17) is 0 Å². The van der Waals surface area contributed by atoms with E-state index >= 15 is 0 Å². The molecule has 1 aromatic rings. The van der Waals surface area contributed by atoms with E-state index in [1.54, 1.807) is 5.57 Å². The molecule has 0 saturated carbocycles. The Kier molecular flexibility index (Phi) is 4.92. The van der Waals surface area contributed by atoms with Crippen molar-refractivity contribution in [3.63, 3.8) is 0 Å². The first-order chi connectivity index (χ1) is 10.3. The molecule has 1 aromatic carbocycles. The molecule has 1 aliphatic heterocycles. The standard InChI is InChI=1S/C20H27N/c1-17(19-10-6-3-7-11-19)20-12-14-21(15-13-20)16-18-8-4-2-5-9-18/h2,4-6,8-11,17,20H,3,7,12-16H2,1H3. The van der Waals surface area contributed by atoms with E-state index in [2.05, 4.69) is 60.4 Å². The monoisotopic (exact) mass is 281 g/mol. The highest BCUT2D eigenvalue weighted by Gasteiger charge is 2.25. The Morgan fingerprint density at radius 2 is 1.86 bits per heavy atom. The first kappa shape index (κ1) is 14.6. The minimum absolute atomic E-state index is 0.737. The van der Waals surface area contributed by atoms with Crippen LogP contribution >= 0.6 is 0 Å². The lowest BCUT2D eigenvalue weighted by Gasteiger charge is -2.35. The molecule has 1 unspecified atom stereocenters. The summed E-state index contributed by atoms with van der Waals surface area (Å²) in [6, 6.07) is 10.9. The van der Waals surface area contributed by atoms with Crippen molar-refractivity contribution >= 4 is 0 Å². The van der Waals surface area contributed by atoms with Gasteiger partial charge < -0.3 is 0 Å². The number of hydrogen-bond donors (Lipinski definition) is 0. The van der Waals surface area contributed by atoms with Gasteiger partial charge in [-0.15, -0.1) is 0 Å². The minimum Gasteiger partial charge on any atom is -0.299 e. The fourth-order valence-corrected chi connectivity index (χ4v) is 3.70. The molecular formula is C20H27N. The Morgan fingerprint density at radius 3 is 2.52 bits per heavy atom. The quantitative estimate of drug-likeness (QED) is 0.765. The van der Waals surface area contributed by atoms with E-state index in [1.165, 1.54) is 44.3 Å². The van der Waals surface area contributed by atoms with Gasteiger partial charge in [-0.25, -0.2) is 0 Å². The first-order valence-electron chi connectivity index (χ1n) is 8.46. The van der Waals surface area contributed by atoms with Gasteiger partial charge in [-0.3, -0.25) is 4.90 Å². The van der Waals surface area contributed by atoms with Crippen molar-refractivity contribution in [1.82, 2.24) is 4.90 Å². The van der Waals surface area contributed by atoms with Crippen LogP contribution in [0.3, 0.4) is 0 Å². The van der Waals surface area contributed by atoms with Gasteiger partial charge in [0.15, 0.2) is 0 Å². The maximum absolute atomic E-state index is 2.61. The van der Waals surface area contributed by atoms with Gasteiger partial charge in [-0.05, 0) is 61.7 Å². The maximum Gasteiger partial charge on any atom is 0.0233 e. The van der Waals surface area contributed by atoms with Gasteiger partial charge in [0, 0.05) is 6.54 Å². The fraction of sp³-hybridized carbons (Fsp3) is 0.500. The van der Waals surface area contributed by atoms with Crippen molar-refractivity contribution in [2.24, 2.45) is 11.8 Å². The van der Waals surface area contributed by atoms with E-state index < -0.39 is 0 Å². The lowest BCUT2D eigenvalue weighted by Crippen LogP contribution is -2.35. The molecule has 1 heterocycles. The van der Waals surface area contributed by atoms with Crippen molar-refractivity contribution in [3.05, 3.63) is 59.7 Å². The Hall–Kier alpha value is -1.34. The summed E-state index contributed by atoms with van der Waals surface area (Å²) in [5, 5.41) is 0. The number of likely N-dealkylation sites (tertiary alicyclic amines) is 1. The van der Waals surface area contributed by atoms with E-state index in [0.29, 0.717) is 0 Å². The van der Waals surface area contributed by atoms with Crippen molar-refractivity contribution in [1.29, 1.82) is 0 Å². The number of rotatable bonds is 4. The van der Waals surface area contributed by atoms with Gasteiger partial charge in [0.1, 0.15) is 0 Å². The highest BCUT2D eigenvalue weighted by Crippen LogP contribution is 2.32. The Morgan fingerprint density at radius 1 is 1.10 bits per heavy atom. The largest absolute Gasteiger partial charge is 0.299 e. The van der Waals surface area contributed by atoms with Gasteiger partial charge in [0.25, 0.3) is 0 Å². The molecule has 1 nitrogen and oxygen atoms in total. The van der Waals surface area contributed by atoms with Gasteiger partial charge in [0.2, 0.25) is 0 Å². The van der Waals surface area contributed by atoms with E-state index in [9.17, 15) is 0 Å². The number of nitrogens with zero attached hydrogens (tertiary/aromatic N) is 1. The van der Waals surface area contributed by atoms with Crippen LogP contribution in [0.25, 0.3) is 0 Å². The molecule has 0 spiro atoms. The van der Waals surface area contributed by atoms with Crippen LogP contribution in [-0.2, 0) is 6.54 Å². The average Bonchev–Trinajstić information content (AvgIpc) is 2.57. The van der Waals surface area contributed by atoms with E-state index in [1.807, 2.05) is 0 Å². The SMILES string of the molecule is CC(C1=CCCC=C1)C1CCN(Cc2ccccc2)CC1. The zero-order valence-electron chi connectivity index (χ0n) is 13.2. The zero-order valence-corrected chi connectivity index (χ0v) is 13.2. The van der Waals surface area contributed by atoms with Crippen LogP contribution in [0.5, 0.6) is 0 Å². The lowest BCUT2D eigenvalue weighted by molar-refractivity contribution is 0.157. The molecule has 0 bridgehead atoms. The zero-order chi connectivity index (χ0) is 14.5. The Labute approximate surface area is 129 Å². The average molecular weight is 281 g/mol. The molecule has 112 valence electrons. The molecule has 1 heteroatoms. The van der Waals surface area contributed by atoms with Crippen LogP contribution in [0, 0.1) is 11.8 Å². The molecule has 2 aliphatic rings. The van der Waals surface area contributed by atoms with Gasteiger partial charge in [0.05, 0.1) is 0 Å². The summed E-state index contributed by atoms with van der Waals surface area (Å²) in [4.78, 5) is 2.61. The number of piperidine rings is 1. The molecule has 0 aromatic heterocycles. The second-order valence-electron chi connectivity index (χ2n) is 6.57. The molecule has 0 radical (unpaired) electrons. The van der Waals surface area contributed by atoms with Crippen LogP contribution in [-0.4, -0.2) is 18.0 Å². The topological polar surface area (TPSA) is 3.24 Å². The van der Waals surface area contributed by atoms with Crippen LogP contribution in [0.2, 0.25) is 0 Å². The van der Waals surface area contributed by atoms with Gasteiger partial charge in [-0.2, -0.15) is 0 Å². The second-order valence-corrected chi connectivity index (χ2v) is 6.57. The van der Waals surface area contributed by atoms with Crippen LogP contribution in [0.1, 0.15) is 38.2 Å². The van der Waals surface area contributed by atoms with Crippen molar-refractivity contribution in [2.45, 2.75) is 39.2 Å². The third kappa shape index (κ3) is 3.85. The maximum atomic E-state index is 2.61. The number of allylic oxidation sites excluding steroid dienone is 4. The summed E-state index contributed by atoms with van der Waals surface area (Å²) in [6.45, 7) is 6.05. The fourth-order valence-electron chi connectivity index (χ4n) is 3.70. The molecule has 21 heavy (non-hydrogen) atoms. The summed E-state index contributed by atoms with van der Waals surface area (Å²) < 4.78 is 0. The Bertz CT molecular complexity index is 492. The summed E-state index contributed by atoms with van der Waals surface area (Å²) in [7, 11) is 0. The lowest BCUT2D eigenvalue weighted by atomic mass is 9.79. The van der Waals surface area contributed by atoms with Crippen molar-refractivity contribution < 1.29 is 0 Å². The molecule has 1 saturated heterocycles. The van der Waals surface area contributed by atoms with Crippen molar-refractivity contribution in [2.75, 3.05) is 13.1 Å². The molecule has 0 amide bonds. The Balaban J connectivity index is 1.51. The summed E-state index contributed by atoms with van der Waals surface area (Å²) in [5.74, 6) is 1.60. The molecule has 1 fully saturated rings. The summed E-state index contributed by atoms with van der Waals surface area (Å²) in [6.07, 6.45) is 12.3. The van der Waals surface area contributed by atoms with Gasteiger partial charge >= 0.3 is 0 Å². The molecule has 1 atom stereocenters. The van der Waals surface area contributed by atoms with Gasteiger partial charge in [-0.1, -0.05) is 55.5 Å². The van der Waals surface area contributed by atoms with Crippen molar-refractivity contribution in [3.8, 4) is 0 Å². The third-order valence-corrected chi connectivity index (χ3v) is 5.14. The highest BCUT2D eigenvalue weighted by atomic mass is 15.1. The van der Waals surface area contributed by atoms with Crippen LogP contribution in [0.15, 0.2) is 54.1 Å². The minimum atomic E-state index is 0.737. The third-order valence-electron chi connectivity index (χ3n) is 5.14.